The van der Waals surface area contributed by atoms with E-state index in [4.69, 9.17) is 15.5 Å². The van der Waals surface area contributed by atoms with Crippen LogP contribution in [-0.2, 0) is 11.3 Å². The van der Waals surface area contributed by atoms with E-state index in [1.807, 2.05) is 11.0 Å². The van der Waals surface area contributed by atoms with Crippen LogP contribution in [0.3, 0.4) is 0 Å². The maximum absolute atomic E-state index is 10.5. The molecule has 0 aliphatic heterocycles. The third kappa shape index (κ3) is 4.95. The zero-order valence-electron chi connectivity index (χ0n) is 10.0. The summed E-state index contributed by atoms with van der Waals surface area (Å²) < 4.78 is 0. The minimum atomic E-state index is -0.858. The first kappa shape index (κ1) is 14.2. The first-order valence-electron chi connectivity index (χ1n) is 5.69. The summed E-state index contributed by atoms with van der Waals surface area (Å²) in [5.74, 6) is -0.858. The number of nitriles is 1. The van der Waals surface area contributed by atoms with Crippen molar-refractivity contribution in [2.45, 2.75) is 13.0 Å². The summed E-state index contributed by atoms with van der Waals surface area (Å²) >= 11 is 0. The van der Waals surface area contributed by atoms with E-state index < -0.39 is 5.97 Å². The summed E-state index contributed by atoms with van der Waals surface area (Å²) in [7, 11) is 0. The van der Waals surface area contributed by atoms with Crippen molar-refractivity contribution in [1.29, 1.82) is 5.26 Å². The summed E-state index contributed by atoms with van der Waals surface area (Å²) in [6, 6.07) is 9.22. The molecule has 0 radical (unpaired) electrons. The molecule has 2 N–H and O–H groups in total. The summed E-state index contributed by atoms with van der Waals surface area (Å²) in [5, 5.41) is 26.4. The molecule has 0 saturated heterocycles. The second kappa shape index (κ2) is 7.43. The fourth-order valence-electron chi connectivity index (χ4n) is 1.66. The van der Waals surface area contributed by atoms with Crippen LogP contribution in [0.4, 0.5) is 0 Å². The Hall–Kier alpha value is -1.90. The molecular formula is C13H16N2O3. The van der Waals surface area contributed by atoms with Gasteiger partial charge in [0.05, 0.1) is 24.7 Å². The molecule has 1 rings (SSSR count). The zero-order chi connectivity index (χ0) is 13.4. The lowest BCUT2D eigenvalue weighted by Gasteiger charge is -2.20. The number of carboxylic acid groups (broad SMARTS) is 1. The standard InChI is InChI=1S/C13H16N2O3/c14-9-11-2-1-3-12(8-11)10-15(6-7-16)5-4-13(17)18/h1-3,8,16H,4-7,10H2,(H,17,18). The number of carboxylic acids is 1. The second-order valence-electron chi connectivity index (χ2n) is 3.96. The quantitative estimate of drug-likeness (QED) is 0.746. The molecule has 0 bridgehead atoms. The van der Waals surface area contributed by atoms with E-state index in [2.05, 4.69) is 6.07 Å². The Balaban J connectivity index is 2.64. The minimum absolute atomic E-state index is 0.0163. The first-order chi connectivity index (χ1) is 8.65. The zero-order valence-corrected chi connectivity index (χ0v) is 10.0. The number of rotatable bonds is 7. The van der Waals surface area contributed by atoms with Gasteiger partial charge in [0.25, 0.3) is 0 Å². The van der Waals surface area contributed by atoms with Gasteiger partial charge in [-0.2, -0.15) is 5.26 Å². The van der Waals surface area contributed by atoms with Gasteiger partial charge in [-0.25, -0.2) is 0 Å². The van der Waals surface area contributed by atoms with Crippen molar-refractivity contribution >= 4 is 5.97 Å². The molecule has 0 unspecified atom stereocenters. The number of nitrogens with zero attached hydrogens (tertiary/aromatic N) is 2. The highest BCUT2D eigenvalue weighted by atomic mass is 16.4. The molecule has 5 heteroatoms. The lowest BCUT2D eigenvalue weighted by Crippen LogP contribution is -2.28. The predicted molar refractivity (Wildman–Crippen MR) is 65.8 cm³/mol. The van der Waals surface area contributed by atoms with Crippen LogP contribution in [0.5, 0.6) is 0 Å². The maximum Gasteiger partial charge on any atom is 0.304 e. The third-order valence-corrected chi connectivity index (χ3v) is 2.52. The average molecular weight is 248 g/mol. The highest BCUT2D eigenvalue weighted by Gasteiger charge is 2.08. The van der Waals surface area contributed by atoms with Crippen LogP contribution < -0.4 is 0 Å². The largest absolute Gasteiger partial charge is 0.481 e. The van der Waals surface area contributed by atoms with Gasteiger partial charge < -0.3 is 10.2 Å². The molecule has 0 saturated carbocycles. The van der Waals surface area contributed by atoms with Gasteiger partial charge in [-0.15, -0.1) is 0 Å². The molecule has 0 atom stereocenters. The first-order valence-corrected chi connectivity index (χ1v) is 5.69. The van der Waals surface area contributed by atoms with E-state index in [1.165, 1.54) is 0 Å². The van der Waals surface area contributed by atoms with E-state index in [-0.39, 0.29) is 13.0 Å². The lowest BCUT2D eigenvalue weighted by atomic mass is 10.1. The average Bonchev–Trinajstić information content (AvgIpc) is 2.36. The highest BCUT2D eigenvalue weighted by molar-refractivity contribution is 5.66. The van der Waals surface area contributed by atoms with Gasteiger partial charge in [0.15, 0.2) is 0 Å². The van der Waals surface area contributed by atoms with E-state index in [1.54, 1.807) is 18.2 Å². The molecule has 0 fully saturated rings. The number of hydrogen-bond acceptors (Lipinski definition) is 4. The molecule has 1 aromatic rings. The van der Waals surface area contributed by atoms with E-state index >= 15 is 0 Å². The summed E-state index contributed by atoms with van der Waals surface area (Å²) in [6.45, 7) is 1.32. The third-order valence-electron chi connectivity index (χ3n) is 2.52. The molecule has 96 valence electrons. The Bertz CT molecular complexity index is 440. The van der Waals surface area contributed by atoms with Gasteiger partial charge >= 0.3 is 5.97 Å². The molecule has 0 heterocycles. The van der Waals surface area contributed by atoms with Crippen LogP contribution in [0.15, 0.2) is 24.3 Å². The van der Waals surface area contributed by atoms with Gasteiger partial charge in [0.1, 0.15) is 0 Å². The molecule has 0 aliphatic carbocycles. The van der Waals surface area contributed by atoms with E-state index in [9.17, 15) is 4.79 Å². The smallest absolute Gasteiger partial charge is 0.304 e. The SMILES string of the molecule is N#Cc1cccc(CN(CCO)CCC(=O)O)c1. The summed E-state index contributed by atoms with van der Waals surface area (Å²) in [5.41, 5.74) is 1.52. The number of aliphatic hydroxyl groups excluding tert-OH is 1. The molecule has 0 aromatic heterocycles. The van der Waals surface area contributed by atoms with Crippen LogP contribution >= 0.6 is 0 Å². The van der Waals surface area contributed by atoms with Crippen molar-refractivity contribution in [3.8, 4) is 6.07 Å². The highest BCUT2D eigenvalue weighted by Crippen LogP contribution is 2.08. The van der Waals surface area contributed by atoms with Crippen LogP contribution in [0.1, 0.15) is 17.5 Å². The van der Waals surface area contributed by atoms with Crippen LogP contribution in [0, 0.1) is 11.3 Å². The number of benzene rings is 1. The number of carbonyl (C=O) groups is 1. The number of aliphatic carboxylic acids is 1. The monoisotopic (exact) mass is 248 g/mol. The Labute approximate surface area is 106 Å². The van der Waals surface area contributed by atoms with Crippen molar-refractivity contribution < 1.29 is 15.0 Å². The molecule has 0 amide bonds. The van der Waals surface area contributed by atoms with Crippen molar-refractivity contribution in [3.05, 3.63) is 35.4 Å². The lowest BCUT2D eigenvalue weighted by molar-refractivity contribution is -0.137. The van der Waals surface area contributed by atoms with Gasteiger partial charge in [0, 0.05) is 19.6 Å². The number of aliphatic hydroxyl groups is 1. The fraction of sp³-hybridized carbons (Fsp3) is 0.385. The Morgan fingerprint density at radius 2 is 2.17 bits per heavy atom. The van der Waals surface area contributed by atoms with Gasteiger partial charge in [0.2, 0.25) is 0 Å². The van der Waals surface area contributed by atoms with Crippen LogP contribution in [0.2, 0.25) is 0 Å². The molecule has 0 aliphatic rings. The van der Waals surface area contributed by atoms with Crippen molar-refractivity contribution in [2.24, 2.45) is 0 Å². The van der Waals surface area contributed by atoms with Crippen molar-refractivity contribution in [3.63, 3.8) is 0 Å². The molecule has 18 heavy (non-hydrogen) atoms. The van der Waals surface area contributed by atoms with Crippen molar-refractivity contribution in [1.82, 2.24) is 4.90 Å². The Kier molecular flexibility index (Phi) is 5.85. The number of hydrogen-bond donors (Lipinski definition) is 2. The van der Waals surface area contributed by atoms with Gasteiger partial charge in [-0.05, 0) is 17.7 Å². The predicted octanol–water partition coefficient (Wildman–Crippen LogP) is 0.827. The fourth-order valence-corrected chi connectivity index (χ4v) is 1.66. The molecular weight excluding hydrogens is 232 g/mol. The Morgan fingerprint density at radius 3 is 2.78 bits per heavy atom. The second-order valence-corrected chi connectivity index (χ2v) is 3.96. The normalized spacial score (nSPS) is 10.3. The molecule has 5 nitrogen and oxygen atoms in total. The maximum atomic E-state index is 10.5. The summed E-state index contributed by atoms with van der Waals surface area (Å²) in [6.07, 6.45) is 0.0396. The van der Waals surface area contributed by atoms with Crippen LogP contribution in [-0.4, -0.2) is 40.8 Å². The van der Waals surface area contributed by atoms with E-state index in [0.29, 0.717) is 25.2 Å². The summed E-state index contributed by atoms with van der Waals surface area (Å²) in [4.78, 5) is 12.4. The van der Waals surface area contributed by atoms with Crippen molar-refractivity contribution in [2.75, 3.05) is 19.7 Å². The minimum Gasteiger partial charge on any atom is -0.481 e. The Morgan fingerprint density at radius 1 is 1.39 bits per heavy atom. The van der Waals surface area contributed by atoms with E-state index in [0.717, 1.165) is 5.56 Å². The van der Waals surface area contributed by atoms with Gasteiger partial charge in [-0.1, -0.05) is 12.1 Å². The molecule has 0 spiro atoms. The topological polar surface area (TPSA) is 84.6 Å². The molecule has 1 aromatic carbocycles. The van der Waals surface area contributed by atoms with Gasteiger partial charge in [-0.3, -0.25) is 9.69 Å². The van der Waals surface area contributed by atoms with Crippen LogP contribution in [0.25, 0.3) is 0 Å².